The predicted molar refractivity (Wildman–Crippen MR) is 117 cm³/mol. The van der Waals surface area contributed by atoms with Crippen LogP contribution in [0, 0.1) is 6.92 Å². The highest BCUT2D eigenvalue weighted by atomic mass is 35.5. The molecule has 1 aromatic heterocycles. The smallest absolute Gasteiger partial charge is 0.339 e. The first-order valence-electron chi connectivity index (χ1n) is 9.92. The predicted octanol–water partition coefficient (Wildman–Crippen LogP) is 3.40. The fraction of sp³-hybridized carbons (Fsp3) is 0.381. The number of carbonyl (C=O) groups excluding carboxylic acids is 2. The molecule has 1 saturated heterocycles. The van der Waals surface area contributed by atoms with Crippen molar-refractivity contribution in [1.29, 1.82) is 0 Å². The van der Waals surface area contributed by atoms with E-state index in [1.54, 1.807) is 19.1 Å². The molecule has 8 nitrogen and oxygen atoms in total. The number of ether oxygens (including phenoxy) is 1. The largest absolute Gasteiger partial charge is 0.449 e. The minimum Gasteiger partial charge on any atom is -0.449 e. The van der Waals surface area contributed by atoms with Crippen molar-refractivity contribution in [3.63, 3.8) is 0 Å². The Morgan fingerprint density at radius 1 is 1.16 bits per heavy atom. The van der Waals surface area contributed by atoms with Gasteiger partial charge < -0.3 is 10.1 Å². The quantitative estimate of drug-likeness (QED) is 0.655. The summed E-state index contributed by atoms with van der Waals surface area (Å²) in [5.41, 5.74) is 0.650. The van der Waals surface area contributed by atoms with Gasteiger partial charge in [0.2, 0.25) is 10.0 Å². The number of piperidine rings is 1. The number of esters is 1. The number of carbonyl (C=O) groups is 2. The Morgan fingerprint density at radius 2 is 1.87 bits per heavy atom. The Bertz CT molecular complexity index is 1070. The normalized spacial score (nSPS) is 15.8. The van der Waals surface area contributed by atoms with Crippen LogP contribution in [0.25, 0.3) is 0 Å². The van der Waals surface area contributed by atoms with E-state index in [-0.39, 0.29) is 16.3 Å². The molecule has 1 aliphatic heterocycles. The number of aryl methyl sites for hydroxylation is 1. The first kappa shape index (κ1) is 23.2. The van der Waals surface area contributed by atoms with Crippen LogP contribution in [0.1, 0.15) is 42.1 Å². The molecule has 31 heavy (non-hydrogen) atoms. The molecular weight excluding hydrogens is 442 g/mol. The van der Waals surface area contributed by atoms with E-state index in [1.807, 2.05) is 0 Å². The third kappa shape index (κ3) is 5.61. The molecule has 2 heterocycles. The van der Waals surface area contributed by atoms with Crippen LogP contribution in [-0.2, 0) is 19.6 Å². The minimum atomic E-state index is -3.70. The van der Waals surface area contributed by atoms with Crippen LogP contribution in [0.5, 0.6) is 0 Å². The lowest BCUT2D eigenvalue weighted by Crippen LogP contribution is -2.35. The molecule has 1 fully saturated rings. The number of nitrogens with zero attached hydrogens (tertiary/aromatic N) is 2. The summed E-state index contributed by atoms with van der Waals surface area (Å²) in [5, 5.41) is 2.95. The van der Waals surface area contributed by atoms with E-state index in [4.69, 9.17) is 16.3 Å². The van der Waals surface area contributed by atoms with Crippen molar-refractivity contribution in [2.75, 3.05) is 18.4 Å². The SMILES string of the molecule is Cc1ccc(S(=O)(=O)N2CCCCC2)cc1C(=O)O[C@H](C)C(=O)Nc1ccc(Cl)cn1. The number of aromatic nitrogens is 1. The Labute approximate surface area is 186 Å². The fourth-order valence-electron chi connectivity index (χ4n) is 3.19. The number of anilines is 1. The summed E-state index contributed by atoms with van der Waals surface area (Å²) in [6, 6.07) is 7.45. The zero-order valence-corrected chi connectivity index (χ0v) is 18.9. The Hall–Kier alpha value is -2.49. The van der Waals surface area contributed by atoms with Gasteiger partial charge in [-0.2, -0.15) is 4.31 Å². The van der Waals surface area contributed by atoms with E-state index in [1.165, 1.54) is 35.6 Å². The number of rotatable bonds is 6. The molecule has 1 aromatic carbocycles. The van der Waals surface area contributed by atoms with Gasteiger partial charge in [-0.05, 0) is 56.5 Å². The number of pyridine rings is 1. The van der Waals surface area contributed by atoms with E-state index in [9.17, 15) is 18.0 Å². The van der Waals surface area contributed by atoms with Crippen molar-refractivity contribution in [3.05, 3.63) is 52.7 Å². The third-order valence-electron chi connectivity index (χ3n) is 5.01. The highest BCUT2D eigenvalue weighted by molar-refractivity contribution is 7.89. The van der Waals surface area contributed by atoms with Crippen LogP contribution in [0.4, 0.5) is 5.82 Å². The lowest BCUT2D eigenvalue weighted by atomic mass is 10.1. The van der Waals surface area contributed by atoms with Gasteiger partial charge in [0.1, 0.15) is 5.82 Å². The zero-order valence-electron chi connectivity index (χ0n) is 17.3. The number of amides is 1. The highest BCUT2D eigenvalue weighted by Gasteiger charge is 2.28. The van der Waals surface area contributed by atoms with Gasteiger partial charge in [-0.15, -0.1) is 0 Å². The summed E-state index contributed by atoms with van der Waals surface area (Å²) in [6.07, 6.45) is 2.89. The summed E-state index contributed by atoms with van der Waals surface area (Å²) in [4.78, 5) is 29.0. The van der Waals surface area contributed by atoms with Crippen molar-refractivity contribution in [2.24, 2.45) is 0 Å². The molecule has 1 amide bonds. The first-order valence-corrected chi connectivity index (χ1v) is 11.7. The third-order valence-corrected chi connectivity index (χ3v) is 7.13. The molecule has 1 aliphatic rings. The average Bonchev–Trinajstić information content (AvgIpc) is 2.76. The summed E-state index contributed by atoms with van der Waals surface area (Å²) in [5.74, 6) is -1.08. The second kappa shape index (κ2) is 9.76. The standard InChI is InChI=1S/C21H24ClN3O5S/c1-14-6-8-17(31(28,29)25-10-4-3-5-11-25)12-18(14)21(27)30-15(2)20(26)24-19-9-7-16(22)13-23-19/h6-9,12-13,15H,3-5,10-11H2,1-2H3,(H,23,24,26)/t15-/m1/s1. The summed E-state index contributed by atoms with van der Waals surface area (Å²) < 4.78 is 32.6. The van der Waals surface area contributed by atoms with Gasteiger partial charge in [-0.1, -0.05) is 24.1 Å². The van der Waals surface area contributed by atoms with E-state index in [0.29, 0.717) is 23.7 Å². The molecule has 166 valence electrons. The molecule has 0 aliphatic carbocycles. The van der Waals surface area contributed by atoms with Crippen LogP contribution in [0.3, 0.4) is 0 Å². The van der Waals surface area contributed by atoms with Gasteiger partial charge in [0.15, 0.2) is 6.10 Å². The van der Waals surface area contributed by atoms with E-state index in [0.717, 1.165) is 19.3 Å². The second-order valence-corrected chi connectivity index (χ2v) is 9.71. The molecule has 0 spiro atoms. The first-order chi connectivity index (χ1) is 14.7. The Morgan fingerprint density at radius 3 is 2.52 bits per heavy atom. The maximum Gasteiger partial charge on any atom is 0.339 e. The molecule has 0 bridgehead atoms. The van der Waals surface area contributed by atoms with Gasteiger partial charge in [-0.3, -0.25) is 4.79 Å². The fourth-order valence-corrected chi connectivity index (χ4v) is 4.85. The summed E-state index contributed by atoms with van der Waals surface area (Å²) in [7, 11) is -3.70. The Kier molecular flexibility index (Phi) is 7.30. The molecule has 0 saturated carbocycles. The highest BCUT2D eigenvalue weighted by Crippen LogP contribution is 2.23. The number of benzene rings is 1. The van der Waals surface area contributed by atoms with Gasteiger partial charge in [0.25, 0.3) is 5.91 Å². The Balaban J connectivity index is 1.72. The number of hydrogen-bond donors (Lipinski definition) is 1. The molecule has 0 radical (unpaired) electrons. The number of sulfonamides is 1. The monoisotopic (exact) mass is 465 g/mol. The average molecular weight is 466 g/mol. The van der Waals surface area contributed by atoms with Crippen LogP contribution < -0.4 is 5.32 Å². The molecule has 1 atom stereocenters. The minimum absolute atomic E-state index is 0.0365. The van der Waals surface area contributed by atoms with Crippen LogP contribution in [0.15, 0.2) is 41.4 Å². The maximum atomic E-state index is 12.9. The van der Waals surface area contributed by atoms with Gasteiger partial charge >= 0.3 is 5.97 Å². The van der Waals surface area contributed by atoms with Gasteiger partial charge in [-0.25, -0.2) is 18.2 Å². The van der Waals surface area contributed by atoms with Crippen molar-refractivity contribution in [2.45, 2.75) is 44.1 Å². The van der Waals surface area contributed by atoms with Crippen molar-refractivity contribution >= 4 is 39.3 Å². The lowest BCUT2D eigenvalue weighted by Gasteiger charge is -2.26. The topological polar surface area (TPSA) is 106 Å². The maximum absolute atomic E-state index is 12.9. The molecule has 0 unspecified atom stereocenters. The molecule has 2 aromatic rings. The van der Waals surface area contributed by atoms with E-state index >= 15 is 0 Å². The molecule has 10 heteroatoms. The van der Waals surface area contributed by atoms with Crippen molar-refractivity contribution in [1.82, 2.24) is 9.29 Å². The van der Waals surface area contributed by atoms with E-state index < -0.39 is 28.0 Å². The molecular formula is C21H24ClN3O5S. The van der Waals surface area contributed by atoms with Crippen LogP contribution in [0.2, 0.25) is 5.02 Å². The van der Waals surface area contributed by atoms with E-state index in [2.05, 4.69) is 10.3 Å². The number of halogens is 1. The number of hydrogen-bond acceptors (Lipinski definition) is 6. The molecule has 1 N–H and O–H groups in total. The number of nitrogens with one attached hydrogen (secondary N) is 1. The summed E-state index contributed by atoms with van der Waals surface area (Å²) >= 11 is 5.77. The summed E-state index contributed by atoms with van der Waals surface area (Å²) in [6.45, 7) is 4.03. The van der Waals surface area contributed by atoms with Gasteiger partial charge in [0.05, 0.1) is 15.5 Å². The van der Waals surface area contributed by atoms with Gasteiger partial charge in [0, 0.05) is 19.3 Å². The van der Waals surface area contributed by atoms with Crippen molar-refractivity contribution in [3.8, 4) is 0 Å². The van der Waals surface area contributed by atoms with Crippen LogP contribution >= 0.6 is 11.6 Å². The second-order valence-electron chi connectivity index (χ2n) is 7.34. The van der Waals surface area contributed by atoms with Crippen molar-refractivity contribution < 1.29 is 22.7 Å². The zero-order chi connectivity index (χ0) is 22.6. The lowest BCUT2D eigenvalue weighted by molar-refractivity contribution is -0.123. The van der Waals surface area contributed by atoms with Crippen LogP contribution in [-0.4, -0.2) is 48.8 Å². The molecule has 3 rings (SSSR count).